The molecule has 0 fully saturated rings. The zero-order chi connectivity index (χ0) is 15.2. The summed E-state index contributed by atoms with van der Waals surface area (Å²) in [6.07, 6.45) is 4.68. The van der Waals surface area contributed by atoms with Crippen molar-refractivity contribution in [2.45, 2.75) is 32.8 Å². The van der Waals surface area contributed by atoms with Crippen LogP contribution in [0.2, 0.25) is 0 Å². The molecule has 20 heavy (non-hydrogen) atoms. The van der Waals surface area contributed by atoms with Crippen LogP contribution in [0.3, 0.4) is 0 Å². The molecule has 0 aliphatic carbocycles. The van der Waals surface area contributed by atoms with Gasteiger partial charge in [0.15, 0.2) is 5.13 Å². The normalized spacial score (nSPS) is 11.4. The molecule has 1 amide bonds. The van der Waals surface area contributed by atoms with Crippen molar-refractivity contribution >= 4 is 34.6 Å². The van der Waals surface area contributed by atoms with Crippen molar-refractivity contribution in [2.24, 2.45) is 0 Å². The van der Waals surface area contributed by atoms with Crippen LogP contribution in [-0.4, -0.2) is 29.8 Å². The van der Waals surface area contributed by atoms with E-state index in [1.165, 1.54) is 18.4 Å². The Kier molecular flexibility index (Phi) is 5.69. The molecule has 0 bridgehead atoms. The topological polar surface area (TPSA) is 77.5 Å². The van der Waals surface area contributed by atoms with Crippen LogP contribution in [0.5, 0.6) is 0 Å². The molecule has 0 unspecified atom stereocenters. The maximum absolute atomic E-state index is 11.5. The molecule has 6 nitrogen and oxygen atoms in total. The van der Waals surface area contributed by atoms with Crippen LogP contribution in [0.4, 0.5) is 9.93 Å². The number of aromatic nitrogens is 1. The van der Waals surface area contributed by atoms with Crippen LogP contribution in [0.1, 0.15) is 32.1 Å². The molecule has 1 heterocycles. The second-order valence-corrected chi connectivity index (χ2v) is 5.94. The van der Waals surface area contributed by atoms with Crippen molar-refractivity contribution in [1.29, 1.82) is 0 Å². The molecule has 1 N–H and O–H groups in total. The Balaban J connectivity index is 2.51. The summed E-state index contributed by atoms with van der Waals surface area (Å²) in [4.78, 5) is 27.3. The van der Waals surface area contributed by atoms with Crippen molar-refractivity contribution in [2.75, 3.05) is 12.4 Å². The van der Waals surface area contributed by atoms with Crippen LogP contribution < -0.4 is 5.32 Å². The third-order valence-corrected chi connectivity index (χ3v) is 2.80. The number of anilines is 1. The van der Waals surface area contributed by atoms with Gasteiger partial charge in [0, 0.05) is 11.1 Å². The minimum Gasteiger partial charge on any atom is -0.469 e. The predicted octanol–water partition coefficient (Wildman–Crippen LogP) is 3.07. The van der Waals surface area contributed by atoms with Crippen molar-refractivity contribution < 1.29 is 19.1 Å². The molecule has 0 saturated heterocycles. The number of carbonyl (C=O) groups is 2. The highest BCUT2D eigenvalue weighted by Gasteiger charge is 2.17. The number of ether oxygens (including phenoxy) is 2. The Morgan fingerprint density at radius 3 is 2.75 bits per heavy atom. The molecule has 7 heteroatoms. The molecule has 0 saturated carbocycles. The first-order chi connectivity index (χ1) is 9.30. The Labute approximate surface area is 121 Å². The van der Waals surface area contributed by atoms with Crippen LogP contribution >= 0.6 is 11.3 Å². The first-order valence-electron chi connectivity index (χ1n) is 5.99. The summed E-state index contributed by atoms with van der Waals surface area (Å²) in [6.45, 7) is 5.36. The van der Waals surface area contributed by atoms with Gasteiger partial charge in [-0.1, -0.05) is 17.4 Å². The summed E-state index contributed by atoms with van der Waals surface area (Å²) in [5.41, 5.74) is -0.551. The number of amides is 1. The first-order valence-corrected chi connectivity index (χ1v) is 6.81. The summed E-state index contributed by atoms with van der Waals surface area (Å²) in [7, 11) is 1.34. The average molecular weight is 298 g/mol. The van der Waals surface area contributed by atoms with Crippen molar-refractivity contribution in [3.05, 3.63) is 17.2 Å². The molecule has 0 aromatic carbocycles. The fourth-order valence-electron chi connectivity index (χ4n) is 1.17. The minimum absolute atomic E-state index is 0.198. The number of methoxy groups -OCH3 is 1. The van der Waals surface area contributed by atoms with Gasteiger partial charge in [-0.15, -0.1) is 0 Å². The van der Waals surface area contributed by atoms with E-state index in [0.29, 0.717) is 5.13 Å². The standard InChI is InChI=1S/C13H18N2O4S/c1-13(2,3)19-12(17)15-11-14-8-9(20-11)6-5-7-10(16)18-4/h5-6,8H,7H2,1-4H3,(H,14,15,17). The van der Waals surface area contributed by atoms with E-state index in [0.717, 1.165) is 4.88 Å². The van der Waals surface area contributed by atoms with E-state index in [2.05, 4.69) is 15.0 Å². The third kappa shape index (κ3) is 6.33. The highest BCUT2D eigenvalue weighted by Crippen LogP contribution is 2.20. The second kappa shape index (κ2) is 7.04. The molecule has 0 atom stereocenters. The molecule has 0 aliphatic rings. The van der Waals surface area contributed by atoms with Gasteiger partial charge in [0.05, 0.1) is 13.5 Å². The Morgan fingerprint density at radius 1 is 1.45 bits per heavy atom. The number of nitrogens with zero attached hydrogens (tertiary/aromatic N) is 1. The highest BCUT2D eigenvalue weighted by atomic mass is 32.1. The molecule has 1 rings (SSSR count). The summed E-state index contributed by atoms with van der Waals surface area (Å²) in [5.74, 6) is -0.308. The summed E-state index contributed by atoms with van der Waals surface area (Å²) in [6, 6.07) is 0. The zero-order valence-corrected chi connectivity index (χ0v) is 12.7. The fraction of sp³-hybridized carbons (Fsp3) is 0.462. The lowest BCUT2D eigenvalue weighted by atomic mass is 10.2. The van der Waals surface area contributed by atoms with E-state index in [9.17, 15) is 9.59 Å². The van der Waals surface area contributed by atoms with E-state index in [-0.39, 0.29) is 12.4 Å². The quantitative estimate of drug-likeness (QED) is 0.864. The molecular weight excluding hydrogens is 280 g/mol. The van der Waals surface area contributed by atoms with E-state index in [1.807, 2.05) is 0 Å². The number of thiazole rings is 1. The molecule has 0 aliphatic heterocycles. The molecular formula is C13H18N2O4S. The Hall–Kier alpha value is -1.89. The summed E-state index contributed by atoms with van der Waals surface area (Å²) >= 11 is 1.28. The summed E-state index contributed by atoms with van der Waals surface area (Å²) < 4.78 is 9.63. The lowest BCUT2D eigenvalue weighted by molar-refractivity contribution is -0.139. The van der Waals surface area contributed by atoms with Gasteiger partial charge < -0.3 is 9.47 Å². The van der Waals surface area contributed by atoms with Gasteiger partial charge in [-0.05, 0) is 26.8 Å². The second-order valence-electron chi connectivity index (χ2n) is 4.88. The molecule has 0 radical (unpaired) electrons. The lowest BCUT2D eigenvalue weighted by Crippen LogP contribution is -2.27. The van der Waals surface area contributed by atoms with Crippen molar-refractivity contribution in [3.63, 3.8) is 0 Å². The van der Waals surface area contributed by atoms with Gasteiger partial charge >= 0.3 is 12.1 Å². The number of hydrogen-bond donors (Lipinski definition) is 1. The SMILES string of the molecule is COC(=O)CC=Cc1cnc(NC(=O)OC(C)(C)C)s1. The maximum atomic E-state index is 11.5. The van der Waals surface area contributed by atoms with Crippen LogP contribution in [0.15, 0.2) is 12.3 Å². The fourth-order valence-corrected chi connectivity index (χ4v) is 1.90. The van der Waals surface area contributed by atoms with Gasteiger partial charge in [-0.25, -0.2) is 9.78 Å². The maximum Gasteiger partial charge on any atom is 0.413 e. The Morgan fingerprint density at radius 2 is 2.15 bits per heavy atom. The number of hydrogen-bond acceptors (Lipinski definition) is 6. The number of carbonyl (C=O) groups excluding carboxylic acids is 2. The molecule has 1 aromatic heterocycles. The third-order valence-electron chi connectivity index (χ3n) is 1.93. The minimum atomic E-state index is -0.551. The van der Waals surface area contributed by atoms with Gasteiger partial charge in [-0.2, -0.15) is 0 Å². The van der Waals surface area contributed by atoms with Crippen LogP contribution in [0, 0.1) is 0 Å². The van der Waals surface area contributed by atoms with E-state index < -0.39 is 11.7 Å². The predicted molar refractivity (Wildman–Crippen MR) is 77.6 cm³/mol. The van der Waals surface area contributed by atoms with Crippen LogP contribution in [-0.2, 0) is 14.3 Å². The van der Waals surface area contributed by atoms with Gasteiger partial charge in [-0.3, -0.25) is 10.1 Å². The summed E-state index contributed by atoms with van der Waals surface area (Å²) in [5, 5.41) is 2.99. The number of esters is 1. The lowest BCUT2D eigenvalue weighted by Gasteiger charge is -2.18. The van der Waals surface area contributed by atoms with Crippen molar-refractivity contribution in [1.82, 2.24) is 4.98 Å². The van der Waals surface area contributed by atoms with E-state index in [4.69, 9.17) is 4.74 Å². The first kappa shape index (κ1) is 16.2. The molecule has 110 valence electrons. The monoisotopic (exact) mass is 298 g/mol. The van der Waals surface area contributed by atoms with Gasteiger partial charge in [0.2, 0.25) is 0 Å². The smallest absolute Gasteiger partial charge is 0.413 e. The Bertz CT molecular complexity index is 503. The van der Waals surface area contributed by atoms with E-state index >= 15 is 0 Å². The van der Waals surface area contributed by atoms with Crippen LogP contribution in [0.25, 0.3) is 6.08 Å². The molecule has 1 aromatic rings. The number of rotatable bonds is 4. The van der Waals surface area contributed by atoms with Gasteiger partial charge in [0.25, 0.3) is 0 Å². The van der Waals surface area contributed by atoms with E-state index in [1.54, 1.807) is 39.1 Å². The average Bonchev–Trinajstić information content (AvgIpc) is 2.73. The van der Waals surface area contributed by atoms with Gasteiger partial charge in [0.1, 0.15) is 5.60 Å². The largest absolute Gasteiger partial charge is 0.469 e. The highest BCUT2D eigenvalue weighted by molar-refractivity contribution is 7.16. The zero-order valence-electron chi connectivity index (χ0n) is 11.9. The molecule has 0 spiro atoms. The number of nitrogens with one attached hydrogen (secondary N) is 1. The van der Waals surface area contributed by atoms with Crippen molar-refractivity contribution in [3.8, 4) is 0 Å².